The van der Waals surface area contributed by atoms with Crippen LogP contribution < -0.4 is 5.32 Å². The van der Waals surface area contributed by atoms with Crippen LogP contribution in [0.25, 0.3) is 0 Å². The summed E-state index contributed by atoms with van der Waals surface area (Å²) >= 11 is 2.17. The molecule has 3 rings (SSSR count). The molecule has 1 atom stereocenters. The lowest BCUT2D eigenvalue weighted by Crippen LogP contribution is -2.37. The van der Waals surface area contributed by atoms with Gasteiger partial charge in [-0.05, 0) is 52.4 Å². The summed E-state index contributed by atoms with van der Waals surface area (Å²) in [5.41, 5.74) is 2.08. The first-order valence-electron chi connectivity index (χ1n) is 6.49. The number of cyclic esters (lactones) is 1. The first-order valence-corrected chi connectivity index (χ1v) is 7.57. The van der Waals surface area contributed by atoms with Crippen LogP contribution in [0.2, 0.25) is 0 Å². The van der Waals surface area contributed by atoms with Crippen molar-refractivity contribution >= 4 is 40.2 Å². The lowest BCUT2D eigenvalue weighted by atomic mass is 9.98. The van der Waals surface area contributed by atoms with Crippen molar-refractivity contribution in [2.24, 2.45) is 0 Å². The fraction of sp³-hybridized carbons (Fsp3) is 0.125. The van der Waals surface area contributed by atoms with Gasteiger partial charge in [0.15, 0.2) is 6.10 Å². The Kier molecular flexibility index (Phi) is 3.92. The Bertz CT molecular complexity index is 714. The molecule has 0 bridgehead atoms. The summed E-state index contributed by atoms with van der Waals surface area (Å²) in [4.78, 5) is 24.1. The third kappa shape index (κ3) is 3.07. The van der Waals surface area contributed by atoms with Crippen LogP contribution in [0.15, 0.2) is 48.5 Å². The number of ether oxygens (including phenoxy) is 1. The summed E-state index contributed by atoms with van der Waals surface area (Å²) in [7, 11) is 0. The number of carbonyl (C=O) groups excluding carboxylic acids is 2. The molecule has 0 spiro atoms. The van der Waals surface area contributed by atoms with E-state index in [4.69, 9.17) is 4.74 Å². The minimum absolute atomic E-state index is 0.306. The van der Waals surface area contributed by atoms with Crippen LogP contribution in [-0.2, 0) is 16.0 Å². The molecule has 1 N–H and O–H groups in total. The molecule has 1 aliphatic heterocycles. The van der Waals surface area contributed by atoms with E-state index in [9.17, 15) is 9.59 Å². The zero-order chi connectivity index (χ0) is 14.8. The molecule has 0 unspecified atom stereocenters. The predicted octanol–water partition coefficient (Wildman–Crippen LogP) is 3.01. The summed E-state index contributed by atoms with van der Waals surface area (Å²) in [6, 6.07) is 14.7. The van der Waals surface area contributed by atoms with Gasteiger partial charge in [0.1, 0.15) is 0 Å². The van der Waals surface area contributed by atoms with Gasteiger partial charge in [0.05, 0.1) is 5.56 Å². The molecule has 5 heteroatoms. The topological polar surface area (TPSA) is 55.4 Å². The second kappa shape index (κ2) is 5.85. The molecule has 21 heavy (non-hydrogen) atoms. The molecule has 0 fully saturated rings. The number of nitrogens with one attached hydrogen (secondary N) is 1. The quantitative estimate of drug-likeness (QED) is 0.631. The normalized spacial score (nSPS) is 16.8. The van der Waals surface area contributed by atoms with E-state index in [0.717, 1.165) is 9.13 Å². The summed E-state index contributed by atoms with van der Waals surface area (Å²) in [5, 5.41) is 2.78. The SMILES string of the molecule is O=C1O[C@@H](C(=O)Nc2cccc(I)c2)Cc2ccccc21. The van der Waals surface area contributed by atoms with Gasteiger partial charge in [-0.25, -0.2) is 4.79 Å². The predicted molar refractivity (Wildman–Crippen MR) is 87.1 cm³/mol. The van der Waals surface area contributed by atoms with Crippen molar-refractivity contribution in [3.63, 3.8) is 0 Å². The lowest BCUT2D eigenvalue weighted by Gasteiger charge is -2.23. The number of hydrogen-bond donors (Lipinski definition) is 1. The zero-order valence-corrected chi connectivity index (χ0v) is 13.2. The van der Waals surface area contributed by atoms with Crippen LogP contribution in [0.4, 0.5) is 5.69 Å². The number of anilines is 1. The van der Waals surface area contributed by atoms with Gasteiger partial charge in [-0.1, -0.05) is 24.3 Å². The standard InChI is InChI=1S/C16H12INO3/c17-11-5-3-6-12(9-11)18-15(19)14-8-10-4-1-2-7-13(10)16(20)21-14/h1-7,9,14H,8H2,(H,18,19)/t14-/m1/s1. The second-order valence-electron chi connectivity index (χ2n) is 4.75. The van der Waals surface area contributed by atoms with E-state index < -0.39 is 12.1 Å². The van der Waals surface area contributed by atoms with Crippen LogP contribution in [0.3, 0.4) is 0 Å². The van der Waals surface area contributed by atoms with E-state index >= 15 is 0 Å². The highest BCUT2D eigenvalue weighted by atomic mass is 127. The third-order valence-corrected chi connectivity index (χ3v) is 3.95. The maximum absolute atomic E-state index is 12.2. The van der Waals surface area contributed by atoms with Crippen molar-refractivity contribution in [3.05, 3.63) is 63.2 Å². The van der Waals surface area contributed by atoms with Crippen LogP contribution in [-0.4, -0.2) is 18.0 Å². The highest BCUT2D eigenvalue weighted by Gasteiger charge is 2.30. The molecular weight excluding hydrogens is 381 g/mol. The van der Waals surface area contributed by atoms with E-state index in [1.54, 1.807) is 18.2 Å². The smallest absolute Gasteiger partial charge is 0.339 e. The maximum Gasteiger partial charge on any atom is 0.339 e. The highest BCUT2D eigenvalue weighted by Crippen LogP contribution is 2.21. The van der Waals surface area contributed by atoms with E-state index in [0.29, 0.717) is 17.7 Å². The van der Waals surface area contributed by atoms with E-state index in [1.165, 1.54) is 0 Å². The fourth-order valence-corrected chi connectivity index (χ4v) is 2.81. The van der Waals surface area contributed by atoms with Gasteiger partial charge in [-0.2, -0.15) is 0 Å². The molecule has 0 radical (unpaired) electrons. The average molecular weight is 393 g/mol. The number of rotatable bonds is 2. The number of benzene rings is 2. The Hall–Kier alpha value is -1.89. The van der Waals surface area contributed by atoms with Gasteiger partial charge in [-0.15, -0.1) is 0 Å². The molecule has 0 saturated carbocycles. The van der Waals surface area contributed by atoms with Crippen LogP contribution in [0.1, 0.15) is 15.9 Å². The van der Waals surface area contributed by atoms with Gasteiger partial charge in [0.25, 0.3) is 5.91 Å². The van der Waals surface area contributed by atoms with Crippen molar-refractivity contribution < 1.29 is 14.3 Å². The summed E-state index contributed by atoms with van der Waals surface area (Å²) in [5.74, 6) is -0.750. The molecule has 1 heterocycles. The summed E-state index contributed by atoms with van der Waals surface area (Å²) in [6.07, 6.45) is -0.386. The van der Waals surface area contributed by atoms with Crippen LogP contribution in [0.5, 0.6) is 0 Å². The van der Waals surface area contributed by atoms with Gasteiger partial charge < -0.3 is 10.1 Å². The minimum atomic E-state index is -0.787. The Balaban J connectivity index is 1.76. The number of fused-ring (bicyclic) bond motifs is 1. The van der Waals surface area contributed by atoms with Crippen LogP contribution in [0, 0.1) is 3.57 Å². The Morgan fingerprint density at radius 2 is 2.00 bits per heavy atom. The zero-order valence-electron chi connectivity index (χ0n) is 11.0. The molecule has 106 valence electrons. The second-order valence-corrected chi connectivity index (χ2v) is 6.00. The van der Waals surface area contributed by atoms with Gasteiger partial charge in [-0.3, -0.25) is 4.79 Å². The van der Waals surface area contributed by atoms with Gasteiger partial charge in [0, 0.05) is 15.7 Å². The largest absolute Gasteiger partial charge is 0.448 e. The molecule has 0 saturated heterocycles. The lowest BCUT2D eigenvalue weighted by molar-refractivity contribution is -0.125. The van der Waals surface area contributed by atoms with Gasteiger partial charge in [0.2, 0.25) is 0 Å². The summed E-state index contributed by atoms with van der Waals surface area (Å²) in [6.45, 7) is 0. The molecule has 1 amide bonds. The first kappa shape index (κ1) is 14.1. The van der Waals surface area contributed by atoms with E-state index in [2.05, 4.69) is 27.9 Å². The Labute approximate surface area is 135 Å². The van der Waals surface area contributed by atoms with E-state index in [1.807, 2.05) is 30.3 Å². The number of hydrogen-bond acceptors (Lipinski definition) is 3. The van der Waals surface area contributed by atoms with Crippen molar-refractivity contribution in [1.29, 1.82) is 0 Å². The molecule has 2 aromatic rings. The minimum Gasteiger partial charge on any atom is -0.448 e. The highest BCUT2D eigenvalue weighted by molar-refractivity contribution is 14.1. The van der Waals surface area contributed by atoms with Crippen molar-refractivity contribution in [2.75, 3.05) is 5.32 Å². The number of halogens is 1. The molecular formula is C16H12INO3. The van der Waals surface area contributed by atoms with E-state index in [-0.39, 0.29) is 5.91 Å². The first-order chi connectivity index (χ1) is 10.1. The Morgan fingerprint density at radius 3 is 2.81 bits per heavy atom. The summed E-state index contributed by atoms with van der Waals surface area (Å²) < 4.78 is 6.25. The molecule has 0 aromatic heterocycles. The molecule has 0 aliphatic carbocycles. The van der Waals surface area contributed by atoms with Crippen molar-refractivity contribution in [2.45, 2.75) is 12.5 Å². The van der Waals surface area contributed by atoms with Crippen molar-refractivity contribution in [3.8, 4) is 0 Å². The number of carbonyl (C=O) groups is 2. The maximum atomic E-state index is 12.2. The van der Waals surface area contributed by atoms with Crippen molar-refractivity contribution in [1.82, 2.24) is 0 Å². The van der Waals surface area contributed by atoms with Crippen LogP contribution >= 0.6 is 22.6 Å². The number of amides is 1. The Morgan fingerprint density at radius 1 is 1.19 bits per heavy atom. The van der Waals surface area contributed by atoms with Gasteiger partial charge >= 0.3 is 5.97 Å². The average Bonchev–Trinajstić information content (AvgIpc) is 2.47. The number of esters is 1. The monoisotopic (exact) mass is 393 g/mol. The third-order valence-electron chi connectivity index (χ3n) is 3.28. The molecule has 4 nitrogen and oxygen atoms in total. The molecule has 2 aromatic carbocycles. The molecule has 1 aliphatic rings. The fourth-order valence-electron chi connectivity index (χ4n) is 2.27.